The standard InChI is InChI=1S/C12H20N4O/c13-4-1-2-12(3-5-14)16-8-6-15(7-9-16)10-11-17/h12,17H,1-3,6-11H2/t12-/m1/s1. The average molecular weight is 236 g/mol. The zero-order valence-corrected chi connectivity index (χ0v) is 10.2. The highest BCUT2D eigenvalue weighted by atomic mass is 16.3. The first-order valence-electron chi connectivity index (χ1n) is 6.13. The van der Waals surface area contributed by atoms with E-state index in [-0.39, 0.29) is 12.6 Å². The number of rotatable bonds is 6. The third-order valence-corrected chi connectivity index (χ3v) is 3.26. The van der Waals surface area contributed by atoms with Crippen LogP contribution in [0.3, 0.4) is 0 Å². The van der Waals surface area contributed by atoms with Crippen molar-refractivity contribution in [1.29, 1.82) is 10.5 Å². The molecule has 1 aliphatic heterocycles. The summed E-state index contributed by atoms with van der Waals surface area (Å²) in [4.78, 5) is 4.53. The number of hydrogen-bond acceptors (Lipinski definition) is 5. The summed E-state index contributed by atoms with van der Waals surface area (Å²) in [5, 5.41) is 26.3. The fourth-order valence-electron chi connectivity index (χ4n) is 2.24. The Morgan fingerprint density at radius 3 is 2.35 bits per heavy atom. The van der Waals surface area contributed by atoms with Gasteiger partial charge < -0.3 is 5.11 Å². The number of β-amino-alcohol motifs (C(OH)–C–C–N with tert-alkyl or cyclic N) is 1. The summed E-state index contributed by atoms with van der Waals surface area (Å²) in [5.74, 6) is 0. The van der Waals surface area contributed by atoms with Crippen LogP contribution in [0.4, 0.5) is 0 Å². The second-order valence-electron chi connectivity index (χ2n) is 4.31. The van der Waals surface area contributed by atoms with Gasteiger partial charge in [-0.3, -0.25) is 9.80 Å². The van der Waals surface area contributed by atoms with Crippen LogP contribution in [0.1, 0.15) is 19.3 Å². The lowest BCUT2D eigenvalue weighted by atomic mass is 10.1. The highest BCUT2D eigenvalue weighted by Gasteiger charge is 2.22. The second-order valence-corrected chi connectivity index (χ2v) is 4.31. The summed E-state index contributed by atoms with van der Waals surface area (Å²) in [7, 11) is 0. The molecule has 0 aromatic carbocycles. The van der Waals surface area contributed by atoms with Crippen LogP contribution in [0.5, 0.6) is 0 Å². The zero-order valence-electron chi connectivity index (χ0n) is 10.2. The third kappa shape index (κ3) is 4.70. The zero-order chi connectivity index (χ0) is 12.5. The lowest BCUT2D eigenvalue weighted by molar-refractivity contribution is 0.0822. The minimum Gasteiger partial charge on any atom is -0.395 e. The lowest BCUT2D eigenvalue weighted by Gasteiger charge is -2.38. The smallest absolute Gasteiger partial charge is 0.0638 e. The normalized spacial score (nSPS) is 19.5. The molecule has 0 aromatic rings. The number of nitriles is 2. The van der Waals surface area contributed by atoms with Crippen LogP contribution >= 0.6 is 0 Å². The van der Waals surface area contributed by atoms with Crippen LogP contribution in [0, 0.1) is 22.7 Å². The molecule has 0 radical (unpaired) electrons. The van der Waals surface area contributed by atoms with Gasteiger partial charge in [-0.25, -0.2) is 0 Å². The van der Waals surface area contributed by atoms with E-state index < -0.39 is 0 Å². The number of aliphatic hydroxyl groups is 1. The summed E-state index contributed by atoms with van der Waals surface area (Å²) in [6.45, 7) is 4.67. The Kier molecular flexibility index (Phi) is 6.57. The maximum Gasteiger partial charge on any atom is 0.0638 e. The van der Waals surface area contributed by atoms with E-state index >= 15 is 0 Å². The molecule has 0 amide bonds. The molecular weight excluding hydrogens is 216 g/mol. The molecule has 5 nitrogen and oxygen atoms in total. The van der Waals surface area contributed by atoms with Crippen molar-refractivity contribution in [2.75, 3.05) is 39.3 Å². The van der Waals surface area contributed by atoms with E-state index in [1.54, 1.807) is 0 Å². The molecule has 1 rings (SSSR count). The fourth-order valence-corrected chi connectivity index (χ4v) is 2.24. The van der Waals surface area contributed by atoms with Crippen molar-refractivity contribution in [3.8, 4) is 12.1 Å². The maximum absolute atomic E-state index is 8.86. The average Bonchev–Trinajstić information content (AvgIpc) is 2.36. The van der Waals surface area contributed by atoms with E-state index in [4.69, 9.17) is 15.6 Å². The molecule has 17 heavy (non-hydrogen) atoms. The predicted molar refractivity (Wildman–Crippen MR) is 64.0 cm³/mol. The molecule has 1 fully saturated rings. The fraction of sp³-hybridized carbons (Fsp3) is 0.833. The Balaban J connectivity index is 2.38. The predicted octanol–water partition coefficient (Wildman–Crippen LogP) is 0.182. The monoisotopic (exact) mass is 236 g/mol. The quantitative estimate of drug-likeness (QED) is 0.712. The topological polar surface area (TPSA) is 74.3 Å². The SMILES string of the molecule is N#CCC[C@H](CC#N)N1CCN(CCO)CC1. The van der Waals surface area contributed by atoms with E-state index in [9.17, 15) is 0 Å². The molecular formula is C12H20N4O. The first-order chi connectivity index (χ1) is 8.31. The highest BCUT2D eigenvalue weighted by Crippen LogP contribution is 2.13. The molecule has 0 spiro atoms. The van der Waals surface area contributed by atoms with Gasteiger partial charge in [0.05, 0.1) is 25.2 Å². The summed E-state index contributed by atoms with van der Waals surface area (Å²) in [6.07, 6.45) is 1.80. The minimum absolute atomic E-state index is 0.204. The van der Waals surface area contributed by atoms with Crippen molar-refractivity contribution >= 4 is 0 Å². The maximum atomic E-state index is 8.86. The van der Waals surface area contributed by atoms with Crippen LogP contribution in [-0.4, -0.2) is 60.3 Å². The van der Waals surface area contributed by atoms with Gasteiger partial charge in [-0.05, 0) is 6.42 Å². The van der Waals surface area contributed by atoms with E-state index in [1.807, 2.05) is 0 Å². The van der Waals surface area contributed by atoms with Crippen LogP contribution in [0.2, 0.25) is 0 Å². The Morgan fingerprint density at radius 1 is 1.12 bits per heavy atom. The molecule has 1 heterocycles. The molecule has 5 heteroatoms. The van der Waals surface area contributed by atoms with Crippen LogP contribution < -0.4 is 0 Å². The van der Waals surface area contributed by atoms with Gasteiger partial charge >= 0.3 is 0 Å². The summed E-state index contributed by atoms with van der Waals surface area (Å²) < 4.78 is 0. The van der Waals surface area contributed by atoms with E-state index in [1.165, 1.54) is 0 Å². The van der Waals surface area contributed by atoms with Gasteiger partial charge in [0, 0.05) is 45.2 Å². The van der Waals surface area contributed by atoms with Gasteiger partial charge in [-0.2, -0.15) is 10.5 Å². The molecule has 94 valence electrons. The van der Waals surface area contributed by atoms with Crippen LogP contribution in [0.15, 0.2) is 0 Å². The Hall–Kier alpha value is -1.14. The van der Waals surface area contributed by atoms with Gasteiger partial charge in [0.2, 0.25) is 0 Å². The van der Waals surface area contributed by atoms with Crippen molar-refractivity contribution < 1.29 is 5.11 Å². The Labute approximate surface area is 103 Å². The second kappa shape index (κ2) is 8.03. The molecule has 1 N–H and O–H groups in total. The van der Waals surface area contributed by atoms with Gasteiger partial charge in [0.25, 0.3) is 0 Å². The number of aliphatic hydroxyl groups excluding tert-OH is 1. The lowest BCUT2D eigenvalue weighted by Crippen LogP contribution is -2.50. The van der Waals surface area contributed by atoms with Gasteiger partial charge in [0.1, 0.15) is 0 Å². The van der Waals surface area contributed by atoms with Crippen molar-refractivity contribution in [3.63, 3.8) is 0 Å². The molecule has 1 aliphatic rings. The number of piperazine rings is 1. The first-order valence-corrected chi connectivity index (χ1v) is 6.13. The molecule has 0 bridgehead atoms. The minimum atomic E-state index is 0.204. The van der Waals surface area contributed by atoms with Crippen molar-refractivity contribution in [2.45, 2.75) is 25.3 Å². The van der Waals surface area contributed by atoms with E-state index in [2.05, 4.69) is 21.9 Å². The van der Waals surface area contributed by atoms with Gasteiger partial charge in [-0.15, -0.1) is 0 Å². The van der Waals surface area contributed by atoms with E-state index in [0.717, 1.165) is 39.1 Å². The molecule has 1 atom stereocenters. The van der Waals surface area contributed by atoms with Gasteiger partial charge in [-0.1, -0.05) is 0 Å². The molecule has 0 saturated carbocycles. The summed E-state index contributed by atoms with van der Waals surface area (Å²) in [5.41, 5.74) is 0. The molecule has 1 saturated heterocycles. The molecule has 0 aromatic heterocycles. The first kappa shape index (κ1) is 13.9. The number of hydrogen-bond donors (Lipinski definition) is 1. The van der Waals surface area contributed by atoms with Crippen molar-refractivity contribution in [3.05, 3.63) is 0 Å². The van der Waals surface area contributed by atoms with Crippen LogP contribution in [0.25, 0.3) is 0 Å². The van der Waals surface area contributed by atoms with Crippen molar-refractivity contribution in [2.24, 2.45) is 0 Å². The van der Waals surface area contributed by atoms with Crippen molar-refractivity contribution in [1.82, 2.24) is 9.80 Å². The molecule has 0 aliphatic carbocycles. The highest BCUT2D eigenvalue weighted by molar-refractivity contribution is 4.87. The Morgan fingerprint density at radius 2 is 1.82 bits per heavy atom. The Bertz CT molecular complexity index is 286. The third-order valence-electron chi connectivity index (χ3n) is 3.26. The summed E-state index contributed by atoms with van der Waals surface area (Å²) >= 11 is 0. The molecule has 0 unspecified atom stereocenters. The van der Waals surface area contributed by atoms with E-state index in [0.29, 0.717) is 12.8 Å². The number of nitrogens with zero attached hydrogens (tertiary/aromatic N) is 4. The summed E-state index contributed by atoms with van der Waals surface area (Å²) in [6, 6.07) is 4.57. The van der Waals surface area contributed by atoms with Gasteiger partial charge in [0.15, 0.2) is 0 Å². The largest absolute Gasteiger partial charge is 0.395 e. The van der Waals surface area contributed by atoms with Crippen LogP contribution in [-0.2, 0) is 0 Å².